The van der Waals surface area contributed by atoms with Gasteiger partial charge in [-0.15, -0.1) is 0 Å². The molecule has 2 aromatic rings. The minimum absolute atomic E-state index is 0.00122. The topological polar surface area (TPSA) is 124 Å². The Morgan fingerprint density at radius 2 is 1.61 bits per heavy atom. The van der Waals surface area contributed by atoms with Crippen molar-refractivity contribution < 1.29 is 19.1 Å². The van der Waals surface area contributed by atoms with E-state index in [4.69, 9.17) is 4.74 Å². The van der Waals surface area contributed by atoms with Crippen molar-refractivity contribution in [3.8, 4) is 6.07 Å². The van der Waals surface area contributed by atoms with Gasteiger partial charge in [0.15, 0.2) is 5.65 Å². The van der Waals surface area contributed by atoms with Gasteiger partial charge in [0, 0.05) is 57.1 Å². The van der Waals surface area contributed by atoms with E-state index in [2.05, 4.69) is 16.2 Å². The summed E-state index contributed by atoms with van der Waals surface area (Å²) in [6.07, 6.45) is 2.31. The molecule has 2 saturated heterocycles. The monoisotopic (exact) mass is 453 g/mol. The molecule has 0 radical (unpaired) electrons. The number of carbonyl (C=O) groups excluding carboxylic acids is 3. The highest BCUT2D eigenvalue weighted by Gasteiger charge is 2.31. The fourth-order valence-electron chi connectivity index (χ4n) is 4.34. The molecular formula is C22H27N7O4. The molecule has 0 aliphatic carbocycles. The van der Waals surface area contributed by atoms with Gasteiger partial charge in [-0.05, 0) is 25.8 Å². The molecule has 11 heteroatoms. The summed E-state index contributed by atoms with van der Waals surface area (Å²) in [5, 5.41) is 13.4. The van der Waals surface area contributed by atoms with E-state index in [1.54, 1.807) is 9.42 Å². The predicted octanol–water partition coefficient (Wildman–Crippen LogP) is -0.320. The normalized spacial score (nSPS) is 16.7. The van der Waals surface area contributed by atoms with Crippen LogP contribution in [0.2, 0.25) is 0 Å². The molecule has 11 nitrogen and oxygen atoms in total. The van der Waals surface area contributed by atoms with E-state index in [0.717, 1.165) is 17.0 Å². The Bertz CT molecular complexity index is 1120. The first-order chi connectivity index (χ1) is 15.9. The second-order valence-corrected chi connectivity index (χ2v) is 8.24. The van der Waals surface area contributed by atoms with Crippen LogP contribution in [0.1, 0.15) is 28.9 Å². The maximum absolute atomic E-state index is 12.8. The van der Waals surface area contributed by atoms with Crippen molar-refractivity contribution in [2.45, 2.75) is 26.7 Å². The summed E-state index contributed by atoms with van der Waals surface area (Å²) in [7, 11) is 0. The summed E-state index contributed by atoms with van der Waals surface area (Å²) in [4.78, 5) is 47.1. The number of morpholine rings is 1. The number of hydrogen-bond donors (Lipinski definition) is 0. The van der Waals surface area contributed by atoms with Crippen molar-refractivity contribution in [3.05, 3.63) is 28.7 Å². The van der Waals surface area contributed by atoms with Crippen LogP contribution in [-0.4, -0.2) is 99.5 Å². The summed E-state index contributed by atoms with van der Waals surface area (Å²) >= 11 is 0. The average Bonchev–Trinajstić information content (AvgIpc) is 3.26. The minimum atomic E-state index is -0.509. The number of nitrogens with zero attached hydrogens (tertiary/aromatic N) is 7. The molecule has 3 amide bonds. The number of rotatable bonds is 3. The summed E-state index contributed by atoms with van der Waals surface area (Å²) in [5.74, 6) is -1.01. The van der Waals surface area contributed by atoms with Crippen molar-refractivity contribution in [2.24, 2.45) is 0 Å². The van der Waals surface area contributed by atoms with Crippen LogP contribution in [-0.2, 0) is 25.5 Å². The van der Waals surface area contributed by atoms with Crippen molar-refractivity contribution >= 4 is 23.4 Å². The molecule has 2 aliphatic rings. The van der Waals surface area contributed by atoms with Gasteiger partial charge >= 0.3 is 11.8 Å². The lowest BCUT2D eigenvalue weighted by molar-refractivity contribution is -0.155. The number of fused-ring (bicyclic) bond motifs is 1. The molecule has 0 unspecified atom stereocenters. The maximum Gasteiger partial charge on any atom is 0.312 e. The van der Waals surface area contributed by atoms with Crippen molar-refractivity contribution in [1.82, 2.24) is 29.3 Å². The lowest BCUT2D eigenvalue weighted by Gasteiger charge is -2.36. The Balaban J connectivity index is 1.32. The molecule has 33 heavy (non-hydrogen) atoms. The summed E-state index contributed by atoms with van der Waals surface area (Å²) in [5.41, 5.74) is 3.53. The van der Waals surface area contributed by atoms with Gasteiger partial charge in [-0.1, -0.05) is 0 Å². The molecule has 0 bridgehead atoms. The second-order valence-electron chi connectivity index (χ2n) is 8.24. The van der Waals surface area contributed by atoms with Gasteiger partial charge in [-0.3, -0.25) is 14.4 Å². The minimum Gasteiger partial charge on any atom is -0.378 e. The molecule has 2 aromatic heterocycles. The van der Waals surface area contributed by atoms with Crippen LogP contribution in [0.15, 0.2) is 6.20 Å². The largest absolute Gasteiger partial charge is 0.378 e. The van der Waals surface area contributed by atoms with Gasteiger partial charge in [0.2, 0.25) is 5.91 Å². The van der Waals surface area contributed by atoms with Crippen LogP contribution in [0.25, 0.3) is 5.65 Å². The van der Waals surface area contributed by atoms with Gasteiger partial charge in [-0.25, -0.2) is 9.50 Å². The first-order valence-corrected chi connectivity index (χ1v) is 11.1. The first-order valence-electron chi connectivity index (χ1n) is 11.1. The molecule has 174 valence electrons. The number of amides is 3. The molecule has 0 N–H and O–H groups in total. The number of aromatic nitrogens is 3. The molecule has 0 spiro atoms. The van der Waals surface area contributed by atoms with E-state index in [9.17, 15) is 19.6 Å². The Kier molecular flexibility index (Phi) is 6.55. The predicted molar refractivity (Wildman–Crippen MR) is 116 cm³/mol. The van der Waals surface area contributed by atoms with Gasteiger partial charge in [0.1, 0.15) is 11.6 Å². The third-order valence-electron chi connectivity index (χ3n) is 6.32. The number of carbonyl (C=O) groups is 3. The fraction of sp³-hybridized carbons (Fsp3) is 0.545. The van der Waals surface area contributed by atoms with Crippen molar-refractivity contribution in [3.63, 3.8) is 0 Å². The molecule has 0 atom stereocenters. The highest BCUT2D eigenvalue weighted by molar-refractivity contribution is 6.34. The van der Waals surface area contributed by atoms with Crippen molar-refractivity contribution in [1.29, 1.82) is 5.26 Å². The van der Waals surface area contributed by atoms with E-state index in [1.165, 1.54) is 16.0 Å². The standard InChI is InChI=1S/C22H27N7O4/c1-15-18(16(2)29-20(25-15)17(13-23)14-24-29)3-4-19(30)26-5-7-27(8-6-26)21(31)22(32)28-9-11-33-12-10-28/h14H,3-12H2,1-2H3. The molecule has 0 aromatic carbocycles. The summed E-state index contributed by atoms with van der Waals surface area (Å²) in [6, 6.07) is 2.09. The lowest BCUT2D eigenvalue weighted by atomic mass is 10.1. The average molecular weight is 454 g/mol. The van der Waals surface area contributed by atoms with E-state index in [-0.39, 0.29) is 5.91 Å². The SMILES string of the molecule is Cc1nc2c(C#N)cnn2c(C)c1CCC(=O)N1CCN(C(=O)C(=O)N2CCOCC2)CC1. The van der Waals surface area contributed by atoms with E-state index in [0.29, 0.717) is 76.5 Å². The molecule has 2 aliphatic heterocycles. The molecule has 2 fully saturated rings. The van der Waals surface area contributed by atoms with E-state index in [1.807, 2.05) is 13.8 Å². The quantitative estimate of drug-likeness (QED) is 0.584. The number of piperazine rings is 1. The summed E-state index contributed by atoms with van der Waals surface area (Å²) in [6.45, 7) is 7.03. The molecule has 4 heterocycles. The van der Waals surface area contributed by atoms with Crippen LogP contribution < -0.4 is 0 Å². The highest BCUT2D eigenvalue weighted by Crippen LogP contribution is 2.19. The molecule has 4 rings (SSSR count). The maximum atomic E-state index is 12.8. The zero-order valence-corrected chi connectivity index (χ0v) is 18.9. The number of nitriles is 1. The number of aryl methyl sites for hydroxylation is 2. The van der Waals surface area contributed by atoms with Gasteiger partial charge in [0.25, 0.3) is 0 Å². The van der Waals surface area contributed by atoms with Gasteiger partial charge < -0.3 is 19.4 Å². The third-order valence-corrected chi connectivity index (χ3v) is 6.32. The molecular weight excluding hydrogens is 426 g/mol. The van der Waals surface area contributed by atoms with Crippen molar-refractivity contribution in [2.75, 3.05) is 52.5 Å². The smallest absolute Gasteiger partial charge is 0.312 e. The zero-order valence-electron chi connectivity index (χ0n) is 18.9. The lowest BCUT2D eigenvalue weighted by Crippen LogP contribution is -2.55. The second kappa shape index (κ2) is 9.54. The van der Waals surface area contributed by atoms with Crippen LogP contribution in [0.4, 0.5) is 0 Å². The first kappa shape index (κ1) is 22.7. The molecule has 0 saturated carbocycles. The van der Waals surface area contributed by atoms with Gasteiger partial charge in [0.05, 0.1) is 19.4 Å². The highest BCUT2D eigenvalue weighted by atomic mass is 16.5. The number of hydrogen-bond acceptors (Lipinski definition) is 7. The third kappa shape index (κ3) is 4.52. The van der Waals surface area contributed by atoms with Crippen LogP contribution >= 0.6 is 0 Å². The Labute approximate surface area is 191 Å². The van der Waals surface area contributed by atoms with Crippen LogP contribution in [0.3, 0.4) is 0 Å². The zero-order chi connectivity index (χ0) is 23.5. The van der Waals surface area contributed by atoms with Crippen LogP contribution in [0.5, 0.6) is 0 Å². The van der Waals surface area contributed by atoms with E-state index < -0.39 is 11.8 Å². The number of ether oxygens (including phenoxy) is 1. The van der Waals surface area contributed by atoms with Gasteiger partial charge in [-0.2, -0.15) is 10.4 Å². The van der Waals surface area contributed by atoms with Crippen LogP contribution in [0, 0.1) is 25.2 Å². The van der Waals surface area contributed by atoms with E-state index >= 15 is 0 Å². The summed E-state index contributed by atoms with van der Waals surface area (Å²) < 4.78 is 6.87. The Morgan fingerprint density at radius 3 is 2.24 bits per heavy atom. The Hall–Kier alpha value is -3.52. The Morgan fingerprint density at radius 1 is 1.00 bits per heavy atom. The fourth-order valence-corrected chi connectivity index (χ4v) is 4.34.